The minimum atomic E-state index is 0.515. The quantitative estimate of drug-likeness (QED) is 0.329. The van der Waals surface area contributed by atoms with E-state index in [4.69, 9.17) is 17.2 Å². The van der Waals surface area contributed by atoms with E-state index in [1.54, 1.807) is 12.1 Å². The molecular formula is C6H9N3S. The molecule has 0 aliphatic carbocycles. The molecule has 4 heteroatoms. The second-order valence-electron chi connectivity index (χ2n) is 2.05. The first-order valence-electron chi connectivity index (χ1n) is 2.74. The fraction of sp³-hybridized carbons (Fsp3) is 0. The molecule has 0 unspecified atom stereocenters. The SMILES string of the molecule is Nc1cc(N)c(S)c(N)c1. The molecule has 6 N–H and O–H groups in total. The Hall–Kier alpha value is -1.03. The molecule has 10 heavy (non-hydrogen) atoms. The first kappa shape index (κ1) is 7.08. The molecule has 0 aliphatic rings. The van der Waals surface area contributed by atoms with E-state index in [1.165, 1.54) is 0 Å². The molecule has 0 saturated heterocycles. The van der Waals surface area contributed by atoms with Crippen LogP contribution in [-0.4, -0.2) is 0 Å². The van der Waals surface area contributed by atoms with E-state index in [2.05, 4.69) is 12.6 Å². The van der Waals surface area contributed by atoms with Gasteiger partial charge < -0.3 is 17.2 Å². The van der Waals surface area contributed by atoms with Crippen LogP contribution in [0.1, 0.15) is 0 Å². The summed E-state index contributed by atoms with van der Waals surface area (Å²) in [4.78, 5) is 0.592. The van der Waals surface area contributed by atoms with Gasteiger partial charge in [0.1, 0.15) is 0 Å². The van der Waals surface area contributed by atoms with Crippen molar-refractivity contribution in [2.24, 2.45) is 0 Å². The van der Waals surface area contributed by atoms with Crippen molar-refractivity contribution in [3.05, 3.63) is 12.1 Å². The lowest BCUT2D eigenvalue weighted by Gasteiger charge is -2.03. The van der Waals surface area contributed by atoms with Gasteiger partial charge in [-0.2, -0.15) is 0 Å². The molecule has 1 rings (SSSR count). The summed E-state index contributed by atoms with van der Waals surface area (Å²) in [6.07, 6.45) is 0. The molecule has 1 aromatic carbocycles. The predicted molar refractivity (Wildman–Crippen MR) is 46.9 cm³/mol. The zero-order valence-corrected chi connectivity index (χ0v) is 6.23. The average Bonchev–Trinajstić information content (AvgIpc) is 1.82. The number of nitrogen functional groups attached to an aromatic ring is 3. The molecule has 0 amide bonds. The lowest BCUT2D eigenvalue weighted by atomic mass is 10.2. The van der Waals surface area contributed by atoms with Gasteiger partial charge in [0.15, 0.2) is 0 Å². The molecular weight excluding hydrogens is 146 g/mol. The number of nitrogens with two attached hydrogens (primary N) is 3. The monoisotopic (exact) mass is 155 g/mol. The molecule has 0 radical (unpaired) electrons. The lowest BCUT2D eigenvalue weighted by Crippen LogP contribution is -1.96. The number of hydrogen-bond donors (Lipinski definition) is 4. The van der Waals surface area contributed by atoms with Gasteiger partial charge in [0.05, 0.1) is 4.90 Å². The normalized spacial score (nSPS) is 9.70. The summed E-state index contributed by atoms with van der Waals surface area (Å²) < 4.78 is 0. The minimum Gasteiger partial charge on any atom is -0.399 e. The molecule has 0 spiro atoms. The van der Waals surface area contributed by atoms with Crippen molar-refractivity contribution in [1.29, 1.82) is 0 Å². The zero-order chi connectivity index (χ0) is 7.72. The van der Waals surface area contributed by atoms with Gasteiger partial charge in [-0.25, -0.2) is 0 Å². The molecule has 3 nitrogen and oxygen atoms in total. The maximum absolute atomic E-state index is 5.49. The van der Waals surface area contributed by atoms with Crippen molar-refractivity contribution in [3.8, 4) is 0 Å². The Labute approximate surface area is 64.6 Å². The minimum absolute atomic E-state index is 0.515. The van der Waals surface area contributed by atoms with Crippen molar-refractivity contribution < 1.29 is 0 Å². The van der Waals surface area contributed by atoms with Crippen molar-refractivity contribution in [3.63, 3.8) is 0 Å². The van der Waals surface area contributed by atoms with Gasteiger partial charge in [-0.1, -0.05) is 0 Å². The highest BCUT2D eigenvalue weighted by Crippen LogP contribution is 2.26. The van der Waals surface area contributed by atoms with E-state index in [0.29, 0.717) is 22.0 Å². The summed E-state index contributed by atoms with van der Waals surface area (Å²) in [7, 11) is 0. The third-order valence-corrected chi connectivity index (χ3v) is 1.71. The number of rotatable bonds is 0. The maximum Gasteiger partial charge on any atom is 0.0503 e. The highest BCUT2D eigenvalue weighted by atomic mass is 32.1. The van der Waals surface area contributed by atoms with Crippen LogP contribution < -0.4 is 17.2 Å². The van der Waals surface area contributed by atoms with Crippen LogP contribution in [0.15, 0.2) is 17.0 Å². The Morgan fingerprint density at radius 1 is 1.00 bits per heavy atom. The van der Waals surface area contributed by atoms with Gasteiger partial charge in [-0.15, -0.1) is 12.6 Å². The average molecular weight is 155 g/mol. The molecule has 0 heterocycles. The van der Waals surface area contributed by atoms with Crippen LogP contribution >= 0.6 is 12.6 Å². The van der Waals surface area contributed by atoms with E-state index in [0.717, 1.165) is 0 Å². The van der Waals surface area contributed by atoms with Crippen LogP contribution in [0, 0.1) is 0 Å². The number of hydrogen-bond acceptors (Lipinski definition) is 4. The standard InChI is InChI=1S/C6H9N3S/c7-3-1-4(8)6(10)5(9)2-3/h1-2,10H,7-9H2. The Bertz CT molecular complexity index is 236. The van der Waals surface area contributed by atoms with Gasteiger partial charge in [-0.3, -0.25) is 0 Å². The Kier molecular flexibility index (Phi) is 1.63. The van der Waals surface area contributed by atoms with Crippen LogP contribution in [-0.2, 0) is 0 Å². The van der Waals surface area contributed by atoms with Gasteiger partial charge in [0.2, 0.25) is 0 Å². The maximum atomic E-state index is 5.49. The van der Waals surface area contributed by atoms with E-state index in [1.807, 2.05) is 0 Å². The first-order chi connectivity index (χ1) is 4.61. The summed E-state index contributed by atoms with van der Waals surface area (Å²) in [5, 5.41) is 0. The van der Waals surface area contributed by atoms with Crippen molar-refractivity contribution in [1.82, 2.24) is 0 Å². The molecule has 0 aliphatic heterocycles. The van der Waals surface area contributed by atoms with Crippen LogP contribution in [0.4, 0.5) is 17.1 Å². The highest BCUT2D eigenvalue weighted by Gasteiger charge is 1.99. The fourth-order valence-corrected chi connectivity index (χ4v) is 0.833. The summed E-state index contributed by atoms with van der Waals surface area (Å²) in [6.45, 7) is 0. The molecule has 0 atom stereocenters. The van der Waals surface area contributed by atoms with E-state index < -0.39 is 0 Å². The Balaban J connectivity index is 3.31. The van der Waals surface area contributed by atoms with E-state index in [9.17, 15) is 0 Å². The third kappa shape index (κ3) is 1.11. The van der Waals surface area contributed by atoms with Gasteiger partial charge in [0, 0.05) is 17.1 Å². The van der Waals surface area contributed by atoms with Crippen molar-refractivity contribution >= 4 is 29.7 Å². The Morgan fingerprint density at radius 3 is 1.80 bits per heavy atom. The first-order valence-corrected chi connectivity index (χ1v) is 3.19. The molecule has 0 bridgehead atoms. The summed E-state index contributed by atoms with van der Waals surface area (Å²) in [6, 6.07) is 3.25. The van der Waals surface area contributed by atoms with E-state index >= 15 is 0 Å². The van der Waals surface area contributed by atoms with Crippen LogP contribution in [0.5, 0.6) is 0 Å². The number of benzene rings is 1. The fourth-order valence-electron chi connectivity index (χ4n) is 0.704. The van der Waals surface area contributed by atoms with Crippen LogP contribution in [0.2, 0.25) is 0 Å². The van der Waals surface area contributed by atoms with Crippen LogP contribution in [0.3, 0.4) is 0 Å². The molecule has 1 aromatic rings. The Morgan fingerprint density at radius 2 is 1.40 bits per heavy atom. The lowest BCUT2D eigenvalue weighted by molar-refractivity contribution is 1.47. The number of anilines is 3. The topological polar surface area (TPSA) is 78.1 Å². The van der Waals surface area contributed by atoms with Gasteiger partial charge in [-0.05, 0) is 12.1 Å². The second-order valence-corrected chi connectivity index (χ2v) is 2.50. The number of thiol groups is 1. The zero-order valence-electron chi connectivity index (χ0n) is 5.33. The predicted octanol–water partition coefficient (Wildman–Crippen LogP) is 0.722. The molecule has 0 aromatic heterocycles. The summed E-state index contributed by atoms with van der Waals surface area (Å²) >= 11 is 4.05. The molecule has 54 valence electrons. The molecule has 0 fully saturated rings. The van der Waals surface area contributed by atoms with Crippen molar-refractivity contribution in [2.45, 2.75) is 4.90 Å². The highest BCUT2D eigenvalue weighted by molar-refractivity contribution is 7.80. The summed E-state index contributed by atoms with van der Waals surface area (Å²) in [5.41, 5.74) is 18.0. The molecule has 0 saturated carbocycles. The second kappa shape index (κ2) is 2.30. The van der Waals surface area contributed by atoms with Gasteiger partial charge in [0.25, 0.3) is 0 Å². The summed E-state index contributed by atoms with van der Waals surface area (Å²) in [5.74, 6) is 0. The van der Waals surface area contributed by atoms with E-state index in [-0.39, 0.29) is 0 Å². The smallest absolute Gasteiger partial charge is 0.0503 e. The van der Waals surface area contributed by atoms with Crippen molar-refractivity contribution in [2.75, 3.05) is 17.2 Å². The van der Waals surface area contributed by atoms with Gasteiger partial charge >= 0.3 is 0 Å². The largest absolute Gasteiger partial charge is 0.399 e. The third-order valence-electron chi connectivity index (χ3n) is 1.19. The van der Waals surface area contributed by atoms with Crippen LogP contribution in [0.25, 0.3) is 0 Å².